The highest BCUT2D eigenvalue weighted by Crippen LogP contribution is 2.31. The molecule has 18 heavy (non-hydrogen) atoms. The summed E-state index contributed by atoms with van der Waals surface area (Å²) in [5.41, 5.74) is 13.6. The summed E-state index contributed by atoms with van der Waals surface area (Å²) in [5.74, 6) is 0.707. The van der Waals surface area contributed by atoms with Crippen molar-refractivity contribution in [2.45, 2.75) is 32.7 Å². The average molecular weight is 248 g/mol. The second-order valence-corrected chi connectivity index (χ2v) is 5.05. The van der Waals surface area contributed by atoms with Gasteiger partial charge in [0.2, 0.25) is 0 Å². The Labute approximate surface area is 107 Å². The fourth-order valence-electron chi connectivity index (χ4n) is 2.18. The Bertz CT molecular complexity index is 468. The minimum Gasteiger partial charge on any atom is -0.368 e. The van der Waals surface area contributed by atoms with Gasteiger partial charge < -0.3 is 16.8 Å². The molecule has 1 saturated carbocycles. The Morgan fingerprint density at radius 2 is 2.22 bits per heavy atom. The van der Waals surface area contributed by atoms with E-state index in [4.69, 9.17) is 11.5 Å². The number of hydrogen-bond acceptors (Lipinski definition) is 4. The van der Waals surface area contributed by atoms with Crippen molar-refractivity contribution in [3.8, 4) is 0 Å². The van der Waals surface area contributed by atoms with Crippen molar-refractivity contribution >= 4 is 11.7 Å². The molecule has 5 nitrogen and oxygen atoms in total. The van der Waals surface area contributed by atoms with Crippen molar-refractivity contribution < 1.29 is 4.79 Å². The van der Waals surface area contributed by atoms with Crippen LogP contribution in [-0.4, -0.2) is 23.5 Å². The molecule has 0 saturated heterocycles. The van der Waals surface area contributed by atoms with E-state index in [2.05, 4.69) is 10.3 Å². The maximum atomic E-state index is 11.5. The first-order valence-electron chi connectivity index (χ1n) is 6.26. The fourth-order valence-corrected chi connectivity index (χ4v) is 2.18. The van der Waals surface area contributed by atoms with Gasteiger partial charge in [-0.2, -0.15) is 0 Å². The van der Waals surface area contributed by atoms with Crippen molar-refractivity contribution in [2.75, 3.05) is 11.9 Å². The molecule has 1 aromatic heterocycles. The van der Waals surface area contributed by atoms with E-state index in [-0.39, 0.29) is 6.04 Å². The Balaban J connectivity index is 2.16. The highest BCUT2D eigenvalue weighted by molar-refractivity contribution is 5.99. The van der Waals surface area contributed by atoms with Crippen molar-refractivity contribution in [2.24, 2.45) is 17.4 Å². The maximum absolute atomic E-state index is 11.5. The number of carbonyl (C=O) groups is 1. The summed E-state index contributed by atoms with van der Waals surface area (Å²) in [7, 11) is 0. The number of aryl methyl sites for hydroxylation is 2. The lowest BCUT2D eigenvalue weighted by atomic mass is 10.1. The first-order chi connectivity index (χ1) is 8.49. The van der Waals surface area contributed by atoms with Crippen molar-refractivity contribution in [1.82, 2.24) is 4.98 Å². The van der Waals surface area contributed by atoms with E-state index in [1.54, 1.807) is 0 Å². The van der Waals surface area contributed by atoms with E-state index in [1.165, 1.54) is 12.8 Å². The minimum atomic E-state index is -0.456. The van der Waals surface area contributed by atoms with Gasteiger partial charge in [-0.05, 0) is 44.2 Å². The smallest absolute Gasteiger partial charge is 0.252 e. The summed E-state index contributed by atoms with van der Waals surface area (Å²) in [6, 6.07) is 1.97. The van der Waals surface area contributed by atoms with E-state index >= 15 is 0 Å². The van der Waals surface area contributed by atoms with Crippen LogP contribution in [0.15, 0.2) is 6.07 Å². The number of nitrogens with zero attached hydrogens (tertiary/aromatic N) is 1. The molecule has 5 N–H and O–H groups in total. The molecule has 0 aromatic carbocycles. The lowest BCUT2D eigenvalue weighted by molar-refractivity contribution is 0.1000. The molecular formula is C13H20N4O. The molecule has 1 aliphatic rings. The third kappa shape index (κ3) is 2.79. The molecule has 0 aliphatic heterocycles. The third-order valence-corrected chi connectivity index (χ3v) is 3.32. The minimum absolute atomic E-state index is 0.119. The van der Waals surface area contributed by atoms with Gasteiger partial charge in [0, 0.05) is 18.3 Å². The summed E-state index contributed by atoms with van der Waals surface area (Å²) in [5, 5.41) is 3.16. The number of primary amides is 1. The van der Waals surface area contributed by atoms with Crippen LogP contribution in [0, 0.1) is 19.8 Å². The Morgan fingerprint density at radius 1 is 1.56 bits per heavy atom. The normalized spacial score (nSPS) is 16.4. The monoisotopic (exact) mass is 248 g/mol. The largest absolute Gasteiger partial charge is 0.368 e. The summed E-state index contributed by atoms with van der Waals surface area (Å²) in [6.45, 7) is 4.38. The van der Waals surface area contributed by atoms with Crippen LogP contribution in [0.25, 0.3) is 0 Å². The number of amides is 1. The Morgan fingerprint density at radius 3 is 2.78 bits per heavy atom. The molecule has 1 heterocycles. The zero-order chi connectivity index (χ0) is 13.3. The molecule has 1 atom stereocenters. The van der Waals surface area contributed by atoms with Crippen LogP contribution in [0.3, 0.4) is 0 Å². The number of nitrogens with two attached hydrogens (primary N) is 2. The van der Waals surface area contributed by atoms with E-state index in [1.807, 2.05) is 19.9 Å². The highest BCUT2D eigenvalue weighted by Gasteiger charge is 2.28. The topological polar surface area (TPSA) is 94.0 Å². The van der Waals surface area contributed by atoms with Crippen LogP contribution in [0.4, 0.5) is 5.82 Å². The van der Waals surface area contributed by atoms with Crippen LogP contribution >= 0.6 is 0 Å². The summed E-state index contributed by atoms with van der Waals surface area (Å²) < 4.78 is 0. The van der Waals surface area contributed by atoms with Crippen LogP contribution in [0.5, 0.6) is 0 Å². The molecule has 0 bridgehead atoms. The number of rotatable bonds is 5. The Hall–Kier alpha value is -1.62. The standard InChI is InChI=1S/C13H20N4O/c1-7-5-8(2)17-13(11(7)12(15)18)16-6-10(14)9-3-4-9/h5,9-10H,3-4,6,14H2,1-2H3,(H2,15,18)(H,16,17). The molecule has 1 fully saturated rings. The van der Waals surface area contributed by atoms with Crippen molar-refractivity contribution in [3.63, 3.8) is 0 Å². The second kappa shape index (κ2) is 4.94. The van der Waals surface area contributed by atoms with Crippen LogP contribution < -0.4 is 16.8 Å². The molecule has 2 rings (SSSR count). The second-order valence-electron chi connectivity index (χ2n) is 5.05. The van der Waals surface area contributed by atoms with Crippen molar-refractivity contribution in [1.29, 1.82) is 0 Å². The summed E-state index contributed by atoms with van der Waals surface area (Å²) in [6.07, 6.45) is 2.40. The number of hydrogen-bond donors (Lipinski definition) is 3. The molecule has 0 spiro atoms. The number of aromatic nitrogens is 1. The lowest BCUT2D eigenvalue weighted by Crippen LogP contribution is -2.32. The fraction of sp³-hybridized carbons (Fsp3) is 0.538. The zero-order valence-corrected chi connectivity index (χ0v) is 10.9. The van der Waals surface area contributed by atoms with Crippen LogP contribution in [0.1, 0.15) is 34.5 Å². The van der Waals surface area contributed by atoms with Gasteiger partial charge in [-0.25, -0.2) is 4.98 Å². The van der Waals surface area contributed by atoms with E-state index < -0.39 is 5.91 Å². The number of anilines is 1. The van der Waals surface area contributed by atoms with E-state index in [9.17, 15) is 4.79 Å². The van der Waals surface area contributed by atoms with Crippen LogP contribution in [-0.2, 0) is 0 Å². The van der Waals surface area contributed by atoms with E-state index in [0.29, 0.717) is 23.8 Å². The van der Waals surface area contributed by atoms with Gasteiger partial charge in [0.1, 0.15) is 5.82 Å². The van der Waals surface area contributed by atoms with Gasteiger partial charge in [-0.15, -0.1) is 0 Å². The first kappa shape index (κ1) is 12.8. The Kier molecular flexibility index (Phi) is 3.52. The zero-order valence-electron chi connectivity index (χ0n) is 10.9. The summed E-state index contributed by atoms with van der Waals surface area (Å²) in [4.78, 5) is 15.8. The van der Waals surface area contributed by atoms with Gasteiger partial charge in [0.05, 0.1) is 5.56 Å². The van der Waals surface area contributed by atoms with Gasteiger partial charge in [-0.3, -0.25) is 4.79 Å². The lowest BCUT2D eigenvalue weighted by Gasteiger charge is -2.15. The summed E-state index contributed by atoms with van der Waals surface area (Å²) >= 11 is 0. The molecule has 1 aliphatic carbocycles. The average Bonchev–Trinajstić information content (AvgIpc) is 3.07. The maximum Gasteiger partial charge on any atom is 0.252 e. The first-order valence-corrected chi connectivity index (χ1v) is 6.26. The van der Waals surface area contributed by atoms with Crippen LogP contribution in [0.2, 0.25) is 0 Å². The predicted molar refractivity (Wildman–Crippen MR) is 71.4 cm³/mol. The van der Waals surface area contributed by atoms with Gasteiger partial charge in [0.25, 0.3) is 5.91 Å². The van der Waals surface area contributed by atoms with Crippen molar-refractivity contribution in [3.05, 3.63) is 22.9 Å². The molecule has 98 valence electrons. The quantitative estimate of drug-likeness (QED) is 0.723. The number of pyridine rings is 1. The molecule has 1 amide bonds. The molecule has 1 aromatic rings. The molecule has 0 radical (unpaired) electrons. The molecule has 5 heteroatoms. The predicted octanol–water partition coefficient (Wildman–Crippen LogP) is 0.947. The highest BCUT2D eigenvalue weighted by atomic mass is 16.1. The van der Waals surface area contributed by atoms with Gasteiger partial charge >= 0.3 is 0 Å². The van der Waals surface area contributed by atoms with E-state index in [0.717, 1.165) is 11.3 Å². The number of nitrogens with one attached hydrogen (secondary N) is 1. The number of carbonyl (C=O) groups excluding carboxylic acids is 1. The third-order valence-electron chi connectivity index (χ3n) is 3.32. The van der Waals surface area contributed by atoms with Gasteiger partial charge in [0.15, 0.2) is 0 Å². The SMILES string of the molecule is Cc1cc(C)c(C(N)=O)c(NCC(N)C2CC2)n1. The van der Waals surface area contributed by atoms with Gasteiger partial charge in [-0.1, -0.05) is 0 Å². The molecule has 1 unspecified atom stereocenters. The molecular weight excluding hydrogens is 228 g/mol.